The van der Waals surface area contributed by atoms with Gasteiger partial charge >= 0.3 is 5.97 Å². The molecule has 0 aliphatic carbocycles. The summed E-state index contributed by atoms with van der Waals surface area (Å²) >= 11 is 0. The fourth-order valence-corrected chi connectivity index (χ4v) is 3.77. The molecule has 0 radical (unpaired) electrons. The van der Waals surface area contributed by atoms with Gasteiger partial charge in [-0.05, 0) is 37.0 Å². The number of nitrogens with zero attached hydrogens (tertiary/aromatic N) is 2. The number of hydrogen-bond donors (Lipinski definition) is 1. The second-order valence-corrected chi connectivity index (χ2v) is 6.96. The van der Waals surface area contributed by atoms with Gasteiger partial charge in [0.05, 0.1) is 0 Å². The summed E-state index contributed by atoms with van der Waals surface area (Å²) in [4.78, 5) is 34.9. The van der Waals surface area contributed by atoms with Gasteiger partial charge in [0.15, 0.2) is 6.61 Å². The van der Waals surface area contributed by atoms with Crippen molar-refractivity contribution in [2.45, 2.75) is 26.2 Å². The minimum Gasteiger partial charge on any atom is -0.454 e. The van der Waals surface area contributed by atoms with Gasteiger partial charge in [0.2, 0.25) is 5.78 Å². The number of ether oxygens (including phenoxy) is 1. The van der Waals surface area contributed by atoms with Gasteiger partial charge in [-0.1, -0.05) is 25.1 Å². The molecule has 0 unspecified atom stereocenters. The van der Waals surface area contributed by atoms with E-state index in [4.69, 9.17) is 4.74 Å². The molecule has 0 bridgehead atoms. The number of esters is 1. The Balaban J connectivity index is 1.49. The zero-order valence-corrected chi connectivity index (χ0v) is 15.9. The van der Waals surface area contributed by atoms with Gasteiger partial charge in [-0.25, -0.2) is 9.78 Å². The van der Waals surface area contributed by atoms with Crippen molar-refractivity contribution in [2.24, 2.45) is 0 Å². The Bertz CT molecular complexity index is 1020. The van der Waals surface area contributed by atoms with Gasteiger partial charge in [-0.15, -0.1) is 0 Å². The minimum absolute atomic E-state index is 0.223. The molecular weight excluding hydrogens is 354 g/mol. The molecule has 4 rings (SSSR count). The topological polar surface area (TPSA) is 75.3 Å². The molecule has 1 aromatic carbocycles. The number of aromatic amines is 1. The summed E-state index contributed by atoms with van der Waals surface area (Å²) in [6.45, 7) is 3.54. The summed E-state index contributed by atoms with van der Waals surface area (Å²) in [7, 11) is 0. The number of rotatable bonds is 6. The van der Waals surface area contributed by atoms with Crippen LogP contribution < -0.4 is 4.90 Å². The molecule has 1 N–H and O–H groups in total. The molecule has 1 fully saturated rings. The van der Waals surface area contributed by atoms with Crippen molar-refractivity contribution in [2.75, 3.05) is 24.6 Å². The van der Waals surface area contributed by atoms with Gasteiger partial charge < -0.3 is 14.6 Å². The molecule has 1 saturated heterocycles. The molecule has 0 spiro atoms. The van der Waals surface area contributed by atoms with E-state index < -0.39 is 5.97 Å². The maximum atomic E-state index is 12.7. The zero-order valence-electron chi connectivity index (χ0n) is 15.9. The Labute approximate surface area is 163 Å². The first-order valence-corrected chi connectivity index (χ1v) is 9.68. The van der Waals surface area contributed by atoms with Crippen LogP contribution in [0.2, 0.25) is 0 Å². The first kappa shape index (κ1) is 18.2. The lowest BCUT2D eigenvalue weighted by Gasteiger charge is -2.18. The van der Waals surface area contributed by atoms with Crippen LogP contribution in [0.5, 0.6) is 0 Å². The molecular formula is C22H23N3O3. The summed E-state index contributed by atoms with van der Waals surface area (Å²) in [5, 5.41) is 0.861. The van der Waals surface area contributed by atoms with Crippen molar-refractivity contribution in [1.82, 2.24) is 9.97 Å². The third-order valence-corrected chi connectivity index (χ3v) is 5.23. The predicted octanol–water partition coefficient (Wildman–Crippen LogP) is 3.77. The molecule has 3 aromatic rings. The molecule has 1 aliphatic heterocycles. The SMILES string of the molecule is CCc1cccc2c(C(=O)COC(=O)c3cccnc3N3CCCC3)c[nH]c12. The smallest absolute Gasteiger partial charge is 0.342 e. The maximum Gasteiger partial charge on any atom is 0.342 e. The van der Waals surface area contributed by atoms with Gasteiger partial charge in [-0.2, -0.15) is 0 Å². The van der Waals surface area contributed by atoms with Gasteiger partial charge in [-0.3, -0.25) is 4.79 Å². The lowest BCUT2D eigenvalue weighted by molar-refractivity contribution is 0.0475. The fourth-order valence-electron chi connectivity index (χ4n) is 3.77. The largest absolute Gasteiger partial charge is 0.454 e. The number of benzene rings is 1. The number of anilines is 1. The highest BCUT2D eigenvalue weighted by Crippen LogP contribution is 2.24. The molecule has 28 heavy (non-hydrogen) atoms. The van der Waals surface area contributed by atoms with Crippen LogP contribution in [-0.2, 0) is 11.2 Å². The molecule has 0 atom stereocenters. The van der Waals surface area contributed by atoms with E-state index in [1.807, 2.05) is 18.2 Å². The van der Waals surface area contributed by atoms with Crippen LogP contribution in [0.15, 0.2) is 42.7 Å². The van der Waals surface area contributed by atoms with Crippen LogP contribution in [0.1, 0.15) is 46.0 Å². The molecule has 3 heterocycles. The highest BCUT2D eigenvalue weighted by molar-refractivity contribution is 6.09. The number of fused-ring (bicyclic) bond motifs is 1. The summed E-state index contributed by atoms with van der Waals surface area (Å²) in [5.41, 5.74) is 3.07. The Morgan fingerprint density at radius 1 is 1.14 bits per heavy atom. The summed E-state index contributed by atoms with van der Waals surface area (Å²) in [6, 6.07) is 9.30. The Hall–Kier alpha value is -3.15. The number of carbonyl (C=O) groups excluding carboxylic acids is 2. The van der Waals surface area contributed by atoms with E-state index in [1.165, 1.54) is 0 Å². The Morgan fingerprint density at radius 2 is 1.96 bits per heavy atom. The van der Waals surface area contributed by atoms with Crippen LogP contribution in [0, 0.1) is 0 Å². The normalized spacial score (nSPS) is 13.8. The van der Waals surface area contributed by atoms with E-state index in [0.29, 0.717) is 16.9 Å². The molecule has 2 aromatic heterocycles. The van der Waals surface area contributed by atoms with Crippen molar-refractivity contribution >= 4 is 28.5 Å². The average molecular weight is 377 g/mol. The third kappa shape index (κ3) is 3.38. The van der Waals surface area contributed by atoms with E-state index in [9.17, 15) is 9.59 Å². The lowest BCUT2D eigenvalue weighted by Crippen LogP contribution is -2.23. The van der Waals surface area contributed by atoms with Crippen molar-refractivity contribution in [3.63, 3.8) is 0 Å². The molecule has 6 heteroatoms. The number of nitrogens with one attached hydrogen (secondary N) is 1. The van der Waals surface area contributed by atoms with Crippen LogP contribution in [0.3, 0.4) is 0 Å². The number of pyridine rings is 1. The van der Waals surface area contributed by atoms with E-state index in [1.54, 1.807) is 24.5 Å². The predicted molar refractivity (Wildman–Crippen MR) is 108 cm³/mol. The highest BCUT2D eigenvalue weighted by Gasteiger charge is 2.22. The number of para-hydroxylation sites is 1. The van der Waals surface area contributed by atoms with Crippen LogP contribution in [-0.4, -0.2) is 41.4 Å². The monoisotopic (exact) mass is 377 g/mol. The summed E-state index contributed by atoms with van der Waals surface area (Å²) < 4.78 is 5.35. The number of Topliss-reactive ketones (excluding diaryl/α,β-unsaturated/α-hetero) is 1. The minimum atomic E-state index is -0.516. The molecule has 6 nitrogen and oxygen atoms in total. The van der Waals surface area contributed by atoms with E-state index in [2.05, 4.69) is 21.8 Å². The van der Waals surface area contributed by atoms with Crippen molar-refractivity contribution in [3.05, 3.63) is 59.4 Å². The zero-order chi connectivity index (χ0) is 19.5. The second kappa shape index (κ2) is 7.84. The van der Waals surface area contributed by atoms with Crippen LogP contribution >= 0.6 is 0 Å². The third-order valence-electron chi connectivity index (χ3n) is 5.23. The summed E-state index contributed by atoms with van der Waals surface area (Å²) in [6.07, 6.45) is 6.42. The molecule has 1 aliphatic rings. The fraction of sp³-hybridized carbons (Fsp3) is 0.318. The lowest BCUT2D eigenvalue weighted by atomic mass is 10.1. The van der Waals surface area contributed by atoms with E-state index in [0.717, 1.165) is 48.8 Å². The highest BCUT2D eigenvalue weighted by atomic mass is 16.5. The Morgan fingerprint density at radius 3 is 2.75 bits per heavy atom. The van der Waals surface area contributed by atoms with Crippen LogP contribution in [0.4, 0.5) is 5.82 Å². The average Bonchev–Trinajstić information content (AvgIpc) is 3.41. The number of ketones is 1. The first-order valence-electron chi connectivity index (χ1n) is 9.68. The van der Waals surface area contributed by atoms with Crippen LogP contribution in [0.25, 0.3) is 10.9 Å². The Kier molecular flexibility index (Phi) is 5.10. The van der Waals surface area contributed by atoms with Gasteiger partial charge in [0, 0.05) is 41.9 Å². The number of carbonyl (C=O) groups is 2. The number of aryl methyl sites for hydroxylation is 1. The number of aromatic nitrogens is 2. The van der Waals surface area contributed by atoms with E-state index >= 15 is 0 Å². The van der Waals surface area contributed by atoms with Crippen molar-refractivity contribution in [3.8, 4) is 0 Å². The standard InChI is InChI=1S/C22H23N3O3/c1-2-15-7-5-8-16-18(13-24-20(15)16)19(26)14-28-22(27)17-9-6-10-23-21(17)25-11-3-4-12-25/h5-10,13,24H,2-4,11-12,14H2,1H3. The second-order valence-electron chi connectivity index (χ2n) is 6.96. The molecule has 0 amide bonds. The van der Waals surface area contributed by atoms with Gasteiger partial charge in [0.25, 0.3) is 0 Å². The number of H-pyrrole nitrogens is 1. The number of hydrogen-bond acceptors (Lipinski definition) is 5. The summed E-state index contributed by atoms with van der Waals surface area (Å²) in [5.74, 6) is -0.103. The van der Waals surface area contributed by atoms with Crippen molar-refractivity contribution < 1.29 is 14.3 Å². The van der Waals surface area contributed by atoms with Crippen molar-refractivity contribution in [1.29, 1.82) is 0 Å². The maximum absolute atomic E-state index is 12.7. The van der Waals surface area contributed by atoms with E-state index in [-0.39, 0.29) is 12.4 Å². The quantitative estimate of drug-likeness (QED) is 0.523. The molecule has 144 valence electrons. The van der Waals surface area contributed by atoms with Gasteiger partial charge in [0.1, 0.15) is 11.4 Å². The molecule has 0 saturated carbocycles. The first-order chi connectivity index (χ1) is 13.7.